The van der Waals surface area contributed by atoms with Gasteiger partial charge in [0, 0.05) is 0 Å². The number of anilines is 3. The Hall–Kier alpha value is -2.37. The first-order valence-electron chi connectivity index (χ1n) is 17.9. The molecule has 2 aromatic heterocycles. The van der Waals surface area contributed by atoms with Crippen LogP contribution in [0.4, 0.5) is 22.0 Å². The minimum atomic E-state index is -2.96. The zero-order valence-corrected chi connectivity index (χ0v) is 31.8. The number of rotatable bonds is 16. The molecule has 0 N–H and O–H groups in total. The van der Waals surface area contributed by atoms with Crippen LogP contribution in [0.5, 0.6) is 0 Å². The van der Waals surface area contributed by atoms with Gasteiger partial charge in [-0.3, -0.25) is 0 Å². The second-order valence-corrected chi connectivity index (χ2v) is 26.8. The fourth-order valence-electron chi connectivity index (χ4n) is 6.83. The van der Waals surface area contributed by atoms with Gasteiger partial charge in [0.15, 0.2) is 0 Å². The van der Waals surface area contributed by atoms with Gasteiger partial charge in [0.1, 0.15) is 0 Å². The Kier molecular flexibility index (Phi) is 12.6. The second kappa shape index (κ2) is 16.6. The van der Waals surface area contributed by atoms with Crippen LogP contribution < -0.4 is 13.5 Å². The normalized spacial score (nSPS) is 16.3. The number of unbranched alkanes of at least 4 members (excludes halogenated alkanes) is 3. The second-order valence-electron chi connectivity index (χ2n) is 13.7. The van der Waals surface area contributed by atoms with Gasteiger partial charge >= 0.3 is 258 Å². The van der Waals surface area contributed by atoms with E-state index in [1.807, 2.05) is 24.5 Å². The van der Waals surface area contributed by atoms with Gasteiger partial charge in [-0.15, -0.1) is 0 Å². The molecule has 10 heteroatoms. The number of piperazine rings is 1. The maximum atomic E-state index is 14.0. The first-order valence-corrected chi connectivity index (χ1v) is 25.3. The molecule has 1 amide bonds. The first-order chi connectivity index (χ1) is 22.4. The molecule has 0 atom stereocenters. The molecule has 2 fully saturated rings. The average Bonchev–Trinajstić information content (AvgIpc) is 3.53. The SMILES string of the molecule is CCC[CH2][Sn]([CH2]CCC)([CH2]CCC)[c]1cn2ccnc2c(N(C(=O)OCC(C)C)c2ccc(N3CCN(C4COC4)CC3)cc2)n1. The van der Waals surface area contributed by atoms with Crippen molar-refractivity contribution in [1.82, 2.24) is 19.3 Å². The van der Waals surface area contributed by atoms with E-state index in [0.717, 1.165) is 45.1 Å². The van der Waals surface area contributed by atoms with Crippen LogP contribution in [-0.2, 0) is 9.47 Å². The number of hydrogen-bond donors (Lipinski definition) is 0. The van der Waals surface area contributed by atoms with Gasteiger partial charge in [-0.25, -0.2) is 0 Å². The van der Waals surface area contributed by atoms with E-state index >= 15 is 0 Å². The van der Waals surface area contributed by atoms with E-state index < -0.39 is 24.5 Å². The number of nitrogens with zero attached hydrogens (tertiary/aromatic N) is 6. The first kappa shape index (κ1) is 34.9. The Morgan fingerprint density at radius 1 is 0.978 bits per heavy atom. The standard InChI is InChI=1S/C24H29N6O3.3C4H9.Sn/c1-18(2)15-33-24(31)30(23-22-25-7-9-29(22)10-8-26-23)20-5-3-19(4-6-20)27-11-13-28(14-12-27)21-16-32-17-21;3*1-3-4-2;/h3-7,9-10,18,21H,11-17H2,1-2H3;3*1,3-4H2,2H3;. The number of carbonyl (C=O) groups excluding carboxylic acids is 1. The van der Waals surface area contributed by atoms with E-state index in [1.54, 1.807) is 4.90 Å². The van der Waals surface area contributed by atoms with E-state index in [1.165, 1.54) is 61.2 Å². The molecular weight excluding hydrogens is 683 g/mol. The van der Waals surface area contributed by atoms with Crippen LogP contribution in [0.2, 0.25) is 13.3 Å². The molecular formula is C36H56N6O3Sn. The fourth-order valence-corrected chi connectivity index (χ4v) is 22.1. The molecule has 0 bridgehead atoms. The Morgan fingerprint density at radius 2 is 1.61 bits per heavy atom. The fraction of sp³-hybridized carbons (Fsp3) is 0.639. The quantitative estimate of drug-likeness (QED) is 0.144. The van der Waals surface area contributed by atoms with Gasteiger partial charge in [0.25, 0.3) is 0 Å². The molecule has 9 nitrogen and oxygen atoms in total. The summed E-state index contributed by atoms with van der Waals surface area (Å²) in [5, 5.41) is 0. The molecule has 2 aliphatic heterocycles. The number of aromatic nitrogens is 3. The summed E-state index contributed by atoms with van der Waals surface area (Å²) in [6.45, 7) is 17.1. The summed E-state index contributed by atoms with van der Waals surface area (Å²) in [6, 6.07) is 8.95. The van der Waals surface area contributed by atoms with Crippen molar-refractivity contribution in [3.63, 3.8) is 0 Å². The molecule has 5 rings (SSSR count). The Labute approximate surface area is 280 Å². The molecule has 0 spiro atoms. The number of amides is 1. The zero-order chi connectivity index (χ0) is 32.5. The molecule has 46 heavy (non-hydrogen) atoms. The number of imidazole rings is 1. The van der Waals surface area contributed by atoms with Crippen LogP contribution in [0.3, 0.4) is 0 Å². The van der Waals surface area contributed by atoms with Crippen molar-refractivity contribution in [2.45, 2.75) is 92.5 Å². The summed E-state index contributed by atoms with van der Waals surface area (Å²) in [6.07, 6.45) is 13.0. The van der Waals surface area contributed by atoms with E-state index in [4.69, 9.17) is 19.4 Å². The van der Waals surface area contributed by atoms with Gasteiger partial charge in [0.05, 0.1) is 19.3 Å². The van der Waals surface area contributed by atoms with Crippen molar-refractivity contribution in [2.24, 2.45) is 5.92 Å². The predicted molar refractivity (Wildman–Crippen MR) is 191 cm³/mol. The van der Waals surface area contributed by atoms with Crippen molar-refractivity contribution >= 4 is 51.0 Å². The van der Waals surface area contributed by atoms with Crippen molar-refractivity contribution in [3.05, 3.63) is 42.9 Å². The van der Waals surface area contributed by atoms with Crippen LogP contribution in [0.1, 0.15) is 73.1 Å². The third-order valence-electron chi connectivity index (χ3n) is 9.79. The van der Waals surface area contributed by atoms with Gasteiger partial charge in [-0.1, -0.05) is 0 Å². The minimum absolute atomic E-state index is 0.227. The van der Waals surface area contributed by atoms with Gasteiger partial charge < -0.3 is 4.74 Å². The van der Waals surface area contributed by atoms with Crippen molar-refractivity contribution in [3.8, 4) is 0 Å². The van der Waals surface area contributed by atoms with E-state index in [-0.39, 0.29) is 5.92 Å². The molecule has 2 aliphatic rings. The summed E-state index contributed by atoms with van der Waals surface area (Å²) in [5.74, 6) is 0.816. The summed E-state index contributed by atoms with van der Waals surface area (Å²) < 4.78 is 18.6. The summed E-state index contributed by atoms with van der Waals surface area (Å²) in [7, 11) is 0. The number of carbonyl (C=O) groups is 1. The van der Waals surface area contributed by atoms with Gasteiger partial charge in [-0.05, 0) is 0 Å². The molecule has 0 saturated carbocycles. The average molecular weight is 740 g/mol. The molecule has 3 aromatic rings. The van der Waals surface area contributed by atoms with Gasteiger partial charge in [-0.2, -0.15) is 0 Å². The monoisotopic (exact) mass is 740 g/mol. The third kappa shape index (κ3) is 8.18. The Bertz CT molecular complexity index is 1360. The van der Waals surface area contributed by atoms with E-state index in [2.05, 4.69) is 67.1 Å². The zero-order valence-electron chi connectivity index (χ0n) is 28.9. The number of hydrogen-bond acceptors (Lipinski definition) is 7. The molecule has 0 radical (unpaired) electrons. The molecule has 4 heterocycles. The number of ether oxygens (including phenoxy) is 2. The van der Waals surface area contributed by atoms with Crippen LogP contribution in [0, 0.1) is 5.92 Å². The van der Waals surface area contributed by atoms with Crippen molar-refractivity contribution < 1.29 is 14.3 Å². The number of fused-ring (bicyclic) bond motifs is 1. The van der Waals surface area contributed by atoms with E-state index in [9.17, 15) is 4.79 Å². The molecule has 0 aliphatic carbocycles. The summed E-state index contributed by atoms with van der Waals surface area (Å²) in [5.41, 5.74) is 2.62. The maximum absolute atomic E-state index is 14.0. The number of benzene rings is 1. The summed E-state index contributed by atoms with van der Waals surface area (Å²) in [4.78, 5) is 30.9. The van der Waals surface area contributed by atoms with Crippen molar-refractivity contribution in [1.29, 1.82) is 0 Å². The topological polar surface area (TPSA) is 75.4 Å². The Balaban J connectivity index is 1.52. The third-order valence-corrected chi connectivity index (χ3v) is 24.8. The van der Waals surface area contributed by atoms with E-state index in [0.29, 0.717) is 24.1 Å². The van der Waals surface area contributed by atoms with Crippen molar-refractivity contribution in [2.75, 3.05) is 55.8 Å². The Morgan fingerprint density at radius 3 is 2.15 bits per heavy atom. The van der Waals surface area contributed by atoms with Gasteiger partial charge in [0.2, 0.25) is 0 Å². The van der Waals surface area contributed by atoms with Crippen LogP contribution in [-0.4, -0.2) is 95.8 Å². The molecule has 1 aromatic carbocycles. The molecule has 0 unspecified atom stereocenters. The molecule has 252 valence electrons. The summed E-state index contributed by atoms with van der Waals surface area (Å²) >= 11 is -2.96. The van der Waals surface area contributed by atoms with Crippen LogP contribution in [0.15, 0.2) is 42.9 Å². The molecule has 2 saturated heterocycles. The van der Waals surface area contributed by atoms with Crippen LogP contribution >= 0.6 is 0 Å². The van der Waals surface area contributed by atoms with Crippen LogP contribution in [0.25, 0.3) is 5.65 Å². The predicted octanol–water partition coefficient (Wildman–Crippen LogP) is 7.24.